The quantitative estimate of drug-likeness (QED) is 0.646. The number of nitrogens with one attached hydrogen (secondary N) is 1. The van der Waals surface area contributed by atoms with Crippen molar-refractivity contribution in [2.45, 2.75) is 18.9 Å². The minimum Gasteiger partial charge on any atom is -0.489 e. The summed E-state index contributed by atoms with van der Waals surface area (Å²) in [7, 11) is 4.13. The van der Waals surface area contributed by atoms with E-state index in [1.807, 2.05) is 0 Å². The van der Waals surface area contributed by atoms with E-state index >= 15 is 0 Å². The van der Waals surface area contributed by atoms with Crippen molar-refractivity contribution in [3.8, 4) is 5.75 Å². The van der Waals surface area contributed by atoms with E-state index in [0.29, 0.717) is 22.3 Å². The molecular formula is C15H24Cl2N2O2. The van der Waals surface area contributed by atoms with Crippen LogP contribution in [-0.2, 0) is 0 Å². The second kappa shape index (κ2) is 10.2. The van der Waals surface area contributed by atoms with Gasteiger partial charge in [0.15, 0.2) is 0 Å². The summed E-state index contributed by atoms with van der Waals surface area (Å²) in [5.74, 6) is 0.495. The van der Waals surface area contributed by atoms with Crippen molar-refractivity contribution in [1.82, 2.24) is 10.2 Å². The summed E-state index contributed by atoms with van der Waals surface area (Å²) in [5.41, 5.74) is 0. The third-order valence-electron chi connectivity index (χ3n) is 2.91. The summed E-state index contributed by atoms with van der Waals surface area (Å²) in [6, 6.07) is 5.02. The lowest BCUT2D eigenvalue weighted by molar-refractivity contribution is 0.106. The fourth-order valence-corrected chi connectivity index (χ4v) is 2.11. The van der Waals surface area contributed by atoms with Crippen LogP contribution in [0.25, 0.3) is 0 Å². The van der Waals surface area contributed by atoms with Crippen LogP contribution in [0.2, 0.25) is 10.0 Å². The van der Waals surface area contributed by atoms with E-state index in [0.717, 1.165) is 25.9 Å². The topological polar surface area (TPSA) is 44.7 Å². The lowest BCUT2D eigenvalue weighted by Crippen LogP contribution is -2.32. The average Bonchev–Trinajstić information content (AvgIpc) is 2.43. The van der Waals surface area contributed by atoms with Gasteiger partial charge in [0, 0.05) is 17.6 Å². The molecule has 1 unspecified atom stereocenters. The molecule has 0 heterocycles. The Morgan fingerprint density at radius 2 is 2.05 bits per heavy atom. The minimum atomic E-state index is -0.575. The van der Waals surface area contributed by atoms with Gasteiger partial charge < -0.3 is 20.1 Å². The van der Waals surface area contributed by atoms with Crippen LogP contribution < -0.4 is 10.1 Å². The Labute approximate surface area is 137 Å². The number of halogens is 2. The van der Waals surface area contributed by atoms with Crippen LogP contribution in [0.15, 0.2) is 18.2 Å². The highest BCUT2D eigenvalue weighted by molar-refractivity contribution is 6.34. The van der Waals surface area contributed by atoms with E-state index < -0.39 is 6.10 Å². The van der Waals surface area contributed by atoms with E-state index in [2.05, 4.69) is 24.3 Å². The van der Waals surface area contributed by atoms with Gasteiger partial charge in [-0.2, -0.15) is 0 Å². The molecule has 6 heteroatoms. The van der Waals surface area contributed by atoms with E-state index in [1.165, 1.54) is 0 Å². The summed E-state index contributed by atoms with van der Waals surface area (Å²) in [6.45, 7) is 2.66. The molecule has 0 aliphatic carbocycles. The Hall–Kier alpha value is -0.520. The smallest absolute Gasteiger partial charge is 0.139 e. The number of aliphatic hydroxyl groups is 1. The highest BCUT2D eigenvalue weighted by Crippen LogP contribution is 2.27. The highest BCUT2D eigenvalue weighted by atomic mass is 35.5. The molecule has 21 heavy (non-hydrogen) atoms. The summed E-state index contributed by atoms with van der Waals surface area (Å²) in [5, 5.41) is 14.1. The number of benzene rings is 1. The zero-order valence-electron chi connectivity index (χ0n) is 12.6. The molecule has 0 fully saturated rings. The number of hydrogen-bond donors (Lipinski definition) is 2. The van der Waals surface area contributed by atoms with E-state index in [4.69, 9.17) is 27.9 Å². The molecule has 0 aromatic heterocycles. The number of ether oxygens (including phenoxy) is 1. The lowest BCUT2D eigenvalue weighted by Gasteiger charge is -2.14. The molecule has 1 atom stereocenters. The Morgan fingerprint density at radius 3 is 2.76 bits per heavy atom. The van der Waals surface area contributed by atoms with Gasteiger partial charge in [0.25, 0.3) is 0 Å². The molecule has 0 bridgehead atoms. The van der Waals surface area contributed by atoms with E-state index in [-0.39, 0.29) is 6.61 Å². The van der Waals surface area contributed by atoms with Crippen molar-refractivity contribution in [2.24, 2.45) is 0 Å². The number of nitrogens with zero attached hydrogens (tertiary/aromatic N) is 1. The molecule has 0 saturated heterocycles. The third-order valence-corrected chi connectivity index (χ3v) is 3.46. The van der Waals surface area contributed by atoms with Crippen molar-refractivity contribution in [1.29, 1.82) is 0 Å². The maximum Gasteiger partial charge on any atom is 0.139 e. The zero-order valence-corrected chi connectivity index (χ0v) is 14.1. The van der Waals surface area contributed by atoms with Crippen molar-refractivity contribution in [3.05, 3.63) is 28.2 Å². The highest BCUT2D eigenvalue weighted by Gasteiger charge is 2.07. The standard InChI is InChI=1S/C15H24Cl2N2O2/c1-19(2)8-4-3-7-18-10-13(20)11-21-15-9-12(16)5-6-14(15)17/h5-6,9,13,18,20H,3-4,7-8,10-11H2,1-2H3. The van der Waals surface area contributed by atoms with Crippen LogP contribution in [0.5, 0.6) is 5.75 Å². The Balaban J connectivity index is 2.13. The third kappa shape index (κ3) is 8.49. The molecule has 0 spiro atoms. The molecular weight excluding hydrogens is 311 g/mol. The van der Waals surface area contributed by atoms with Crippen molar-refractivity contribution in [3.63, 3.8) is 0 Å². The van der Waals surface area contributed by atoms with Gasteiger partial charge in [-0.3, -0.25) is 0 Å². The SMILES string of the molecule is CN(C)CCCCNCC(O)COc1cc(Cl)ccc1Cl. The lowest BCUT2D eigenvalue weighted by atomic mass is 10.3. The van der Waals surface area contributed by atoms with Crippen LogP contribution in [-0.4, -0.2) is 56.4 Å². The molecule has 1 aromatic rings. The van der Waals surface area contributed by atoms with Gasteiger partial charge in [-0.15, -0.1) is 0 Å². The van der Waals surface area contributed by atoms with Crippen LogP contribution in [0.3, 0.4) is 0 Å². The monoisotopic (exact) mass is 334 g/mol. The molecule has 1 aromatic carbocycles. The van der Waals surface area contributed by atoms with Crippen LogP contribution >= 0.6 is 23.2 Å². The zero-order chi connectivity index (χ0) is 15.7. The molecule has 0 amide bonds. The average molecular weight is 335 g/mol. The first-order valence-corrected chi connectivity index (χ1v) is 7.86. The molecule has 0 aliphatic heterocycles. The second-order valence-electron chi connectivity index (χ2n) is 5.25. The number of rotatable bonds is 10. The van der Waals surface area contributed by atoms with Gasteiger partial charge in [-0.1, -0.05) is 23.2 Å². The van der Waals surface area contributed by atoms with Crippen molar-refractivity contribution >= 4 is 23.2 Å². The minimum absolute atomic E-state index is 0.185. The van der Waals surface area contributed by atoms with E-state index in [1.54, 1.807) is 18.2 Å². The maximum atomic E-state index is 9.84. The predicted octanol–water partition coefficient (Wildman–Crippen LogP) is 2.66. The molecule has 120 valence electrons. The van der Waals surface area contributed by atoms with Crippen LogP contribution in [0.1, 0.15) is 12.8 Å². The number of unbranched alkanes of at least 4 members (excludes halogenated alkanes) is 1. The fourth-order valence-electron chi connectivity index (χ4n) is 1.78. The largest absolute Gasteiger partial charge is 0.489 e. The Bertz CT molecular complexity index is 417. The first kappa shape index (κ1) is 18.5. The maximum absolute atomic E-state index is 9.84. The van der Waals surface area contributed by atoms with Gasteiger partial charge >= 0.3 is 0 Å². The molecule has 4 nitrogen and oxygen atoms in total. The Kier molecular flexibility index (Phi) is 9.04. The normalized spacial score (nSPS) is 12.7. The Morgan fingerprint density at radius 1 is 1.29 bits per heavy atom. The van der Waals surface area contributed by atoms with Crippen LogP contribution in [0.4, 0.5) is 0 Å². The molecule has 1 rings (SSSR count). The van der Waals surface area contributed by atoms with Gasteiger partial charge in [-0.25, -0.2) is 0 Å². The molecule has 2 N–H and O–H groups in total. The number of aliphatic hydroxyl groups excluding tert-OH is 1. The van der Waals surface area contributed by atoms with Crippen molar-refractivity contribution in [2.75, 3.05) is 40.3 Å². The number of hydrogen-bond acceptors (Lipinski definition) is 4. The summed E-state index contributed by atoms with van der Waals surface area (Å²) < 4.78 is 5.48. The molecule has 0 saturated carbocycles. The summed E-state index contributed by atoms with van der Waals surface area (Å²) >= 11 is 11.9. The fraction of sp³-hybridized carbons (Fsp3) is 0.600. The second-order valence-corrected chi connectivity index (χ2v) is 6.10. The first-order chi connectivity index (χ1) is 9.99. The molecule has 0 radical (unpaired) electrons. The van der Waals surface area contributed by atoms with Gasteiger partial charge in [0.05, 0.1) is 5.02 Å². The van der Waals surface area contributed by atoms with Gasteiger partial charge in [0.1, 0.15) is 18.5 Å². The van der Waals surface area contributed by atoms with Crippen molar-refractivity contribution < 1.29 is 9.84 Å². The van der Waals surface area contributed by atoms with Gasteiger partial charge in [0.2, 0.25) is 0 Å². The summed E-state index contributed by atoms with van der Waals surface area (Å²) in [4.78, 5) is 2.16. The molecule has 0 aliphatic rings. The summed E-state index contributed by atoms with van der Waals surface area (Å²) in [6.07, 6.45) is 1.66. The van der Waals surface area contributed by atoms with Crippen LogP contribution in [0, 0.1) is 0 Å². The van der Waals surface area contributed by atoms with E-state index in [9.17, 15) is 5.11 Å². The first-order valence-electron chi connectivity index (χ1n) is 7.10. The van der Waals surface area contributed by atoms with Gasteiger partial charge in [-0.05, 0) is 52.2 Å². The predicted molar refractivity (Wildman–Crippen MR) is 88.6 cm³/mol.